The van der Waals surface area contributed by atoms with Crippen molar-refractivity contribution in [1.82, 2.24) is 24.9 Å². The standard InChI is InChI=1S/C51H33N5/c1-3-12-34(13-4-1)35-26-28-39(29-27-35)50-54-49(38-14-5-2-6-15-38)55-51(56-50)41-17-11-16-40(32-41)36-22-24-37(25-23-36)42-30-31-47(52-33-42)48-45-20-8-7-18-43(45)44-19-9-10-21-46(44)53-48/h1-33H. The summed E-state index contributed by atoms with van der Waals surface area (Å²) in [4.78, 5) is 24.9. The Labute approximate surface area is 324 Å². The van der Waals surface area contributed by atoms with Crippen LogP contribution in [0, 0.1) is 0 Å². The molecule has 0 atom stereocenters. The summed E-state index contributed by atoms with van der Waals surface area (Å²) in [5.41, 5.74) is 12.1. The molecule has 0 N–H and O–H groups in total. The van der Waals surface area contributed by atoms with E-state index in [1.54, 1.807) is 0 Å². The molecule has 0 saturated heterocycles. The lowest BCUT2D eigenvalue weighted by molar-refractivity contribution is 1.07. The van der Waals surface area contributed by atoms with E-state index < -0.39 is 0 Å². The summed E-state index contributed by atoms with van der Waals surface area (Å²) < 4.78 is 0. The second kappa shape index (κ2) is 14.3. The van der Waals surface area contributed by atoms with Gasteiger partial charge in [-0.25, -0.2) is 19.9 Å². The number of hydrogen-bond donors (Lipinski definition) is 0. The molecule has 5 nitrogen and oxygen atoms in total. The van der Waals surface area contributed by atoms with Gasteiger partial charge in [0.2, 0.25) is 0 Å². The number of aromatic nitrogens is 5. The van der Waals surface area contributed by atoms with Crippen molar-refractivity contribution in [2.24, 2.45) is 0 Å². The summed E-state index contributed by atoms with van der Waals surface area (Å²) in [6.07, 6.45) is 1.94. The number of nitrogens with zero attached hydrogens (tertiary/aromatic N) is 5. The monoisotopic (exact) mass is 715 g/mol. The first-order valence-corrected chi connectivity index (χ1v) is 18.7. The van der Waals surface area contributed by atoms with Crippen molar-refractivity contribution in [3.63, 3.8) is 0 Å². The van der Waals surface area contributed by atoms with E-state index in [1.807, 2.05) is 48.7 Å². The minimum atomic E-state index is 0.624. The summed E-state index contributed by atoms with van der Waals surface area (Å²) in [6.45, 7) is 0. The molecule has 0 aliphatic rings. The van der Waals surface area contributed by atoms with Gasteiger partial charge in [0.1, 0.15) is 0 Å². The zero-order valence-corrected chi connectivity index (χ0v) is 30.3. The molecule has 10 rings (SSSR count). The van der Waals surface area contributed by atoms with Crippen LogP contribution >= 0.6 is 0 Å². The fourth-order valence-electron chi connectivity index (χ4n) is 7.29. The Kier molecular flexibility index (Phi) is 8.43. The lowest BCUT2D eigenvalue weighted by atomic mass is 9.99. The Bertz CT molecular complexity index is 2980. The Morgan fingerprint density at radius 3 is 1.38 bits per heavy atom. The molecular weight excluding hydrogens is 683 g/mol. The Morgan fingerprint density at radius 2 is 0.714 bits per heavy atom. The van der Waals surface area contributed by atoms with Crippen LogP contribution in [0.25, 0.3) is 101 Å². The molecule has 0 amide bonds. The first kappa shape index (κ1) is 33.0. The van der Waals surface area contributed by atoms with Gasteiger partial charge in [-0.2, -0.15) is 0 Å². The van der Waals surface area contributed by atoms with E-state index in [-0.39, 0.29) is 0 Å². The van der Waals surface area contributed by atoms with Crippen LogP contribution in [-0.2, 0) is 0 Å². The van der Waals surface area contributed by atoms with Gasteiger partial charge in [-0.3, -0.25) is 4.98 Å². The third-order valence-electron chi connectivity index (χ3n) is 10.2. The summed E-state index contributed by atoms with van der Waals surface area (Å²) in [6, 6.07) is 66.8. The average Bonchev–Trinajstić information content (AvgIpc) is 3.29. The fourth-order valence-corrected chi connectivity index (χ4v) is 7.29. The first-order chi connectivity index (χ1) is 27.7. The zero-order valence-electron chi connectivity index (χ0n) is 30.3. The van der Waals surface area contributed by atoms with Crippen LogP contribution < -0.4 is 0 Å². The first-order valence-electron chi connectivity index (χ1n) is 18.7. The molecule has 10 aromatic rings. The third-order valence-corrected chi connectivity index (χ3v) is 10.2. The summed E-state index contributed by atoms with van der Waals surface area (Å²) in [5, 5.41) is 3.43. The number of benzene rings is 7. The van der Waals surface area contributed by atoms with E-state index >= 15 is 0 Å². The third kappa shape index (κ3) is 6.37. The summed E-state index contributed by atoms with van der Waals surface area (Å²) >= 11 is 0. The van der Waals surface area contributed by atoms with E-state index in [9.17, 15) is 0 Å². The molecule has 0 bridgehead atoms. The fraction of sp³-hybridized carbons (Fsp3) is 0. The minimum Gasteiger partial charge on any atom is -0.254 e. The van der Waals surface area contributed by atoms with Crippen molar-refractivity contribution in [2.45, 2.75) is 0 Å². The maximum absolute atomic E-state index is 5.03. The summed E-state index contributed by atoms with van der Waals surface area (Å²) in [7, 11) is 0. The van der Waals surface area contributed by atoms with Gasteiger partial charge in [0.15, 0.2) is 17.5 Å². The molecule has 3 aromatic heterocycles. The molecule has 0 aliphatic heterocycles. The van der Waals surface area contributed by atoms with Gasteiger partial charge in [-0.1, -0.05) is 176 Å². The average molecular weight is 716 g/mol. The number of rotatable bonds is 7. The molecule has 7 aromatic carbocycles. The molecule has 5 heteroatoms. The Hall–Kier alpha value is -7.63. The molecular formula is C51H33N5. The van der Waals surface area contributed by atoms with E-state index in [1.165, 1.54) is 10.9 Å². The molecule has 0 aliphatic carbocycles. The maximum atomic E-state index is 5.03. The molecule has 0 radical (unpaired) electrons. The predicted octanol–water partition coefficient (Wildman–Crippen LogP) is 12.6. The highest BCUT2D eigenvalue weighted by atomic mass is 15.0. The Morgan fingerprint density at radius 1 is 0.268 bits per heavy atom. The molecule has 56 heavy (non-hydrogen) atoms. The molecule has 0 saturated carbocycles. The van der Waals surface area contributed by atoms with Crippen molar-refractivity contribution < 1.29 is 0 Å². The Balaban J connectivity index is 0.949. The number of fused-ring (bicyclic) bond motifs is 3. The van der Waals surface area contributed by atoms with Crippen LogP contribution in [0.5, 0.6) is 0 Å². The topological polar surface area (TPSA) is 64.5 Å². The lowest BCUT2D eigenvalue weighted by Crippen LogP contribution is -2.00. The van der Waals surface area contributed by atoms with Crippen LogP contribution in [0.3, 0.4) is 0 Å². The largest absolute Gasteiger partial charge is 0.254 e. The van der Waals surface area contributed by atoms with Gasteiger partial charge in [0.05, 0.1) is 16.9 Å². The van der Waals surface area contributed by atoms with Gasteiger partial charge in [-0.15, -0.1) is 0 Å². The van der Waals surface area contributed by atoms with Crippen LogP contribution in [-0.4, -0.2) is 24.9 Å². The van der Waals surface area contributed by atoms with Crippen LogP contribution in [0.15, 0.2) is 200 Å². The number of pyridine rings is 2. The van der Waals surface area contributed by atoms with Crippen molar-refractivity contribution in [3.05, 3.63) is 200 Å². The highest BCUT2D eigenvalue weighted by molar-refractivity contribution is 6.10. The zero-order chi connectivity index (χ0) is 37.3. The van der Waals surface area contributed by atoms with Crippen molar-refractivity contribution >= 4 is 21.7 Å². The van der Waals surface area contributed by atoms with Crippen molar-refractivity contribution in [2.75, 3.05) is 0 Å². The number of hydrogen-bond acceptors (Lipinski definition) is 5. The van der Waals surface area contributed by atoms with E-state index in [0.717, 1.165) is 72.2 Å². The van der Waals surface area contributed by atoms with Gasteiger partial charge >= 0.3 is 0 Å². The second-order valence-electron chi connectivity index (χ2n) is 13.7. The minimum absolute atomic E-state index is 0.624. The molecule has 0 fully saturated rings. The second-order valence-corrected chi connectivity index (χ2v) is 13.7. The van der Waals surface area contributed by atoms with E-state index in [0.29, 0.717) is 17.5 Å². The lowest BCUT2D eigenvalue weighted by Gasteiger charge is -2.11. The van der Waals surface area contributed by atoms with Gasteiger partial charge in [0, 0.05) is 39.2 Å². The van der Waals surface area contributed by atoms with Gasteiger partial charge in [0.25, 0.3) is 0 Å². The molecule has 0 spiro atoms. The smallest absolute Gasteiger partial charge is 0.164 e. The van der Waals surface area contributed by atoms with E-state index in [4.69, 9.17) is 24.9 Å². The van der Waals surface area contributed by atoms with E-state index in [2.05, 4.69) is 152 Å². The normalized spacial score (nSPS) is 11.2. The van der Waals surface area contributed by atoms with Crippen molar-refractivity contribution in [1.29, 1.82) is 0 Å². The maximum Gasteiger partial charge on any atom is 0.164 e. The molecule has 3 heterocycles. The highest BCUT2D eigenvalue weighted by Crippen LogP contribution is 2.34. The summed E-state index contributed by atoms with van der Waals surface area (Å²) in [5.74, 6) is 1.89. The molecule has 262 valence electrons. The van der Waals surface area contributed by atoms with Crippen molar-refractivity contribution in [3.8, 4) is 78.9 Å². The van der Waals surface area contributed by atoms with Gasteiger partial charge in [-0.05, 0) is 51.4 Å². The van der Waals surface area contributed by atoms with Crippen LogP contribution in [0.4, 0.5) is 0 Å². The van der Waals surface area contributed by atoms with Crippen LogP contribution in [0.1, 0.15) is 0 Å². The van der Waals surface area contributed by atoms with Crippen LogP contribution in [0.2, 0.25) is 0 Å². The predicted molar refractivity (Wildman–Crippen MR) is 228 cm³/mol. The van der Waals surface area contributed by atoms with Gasteiger partial charge < -0.3 is 0 Å². The highest BCUT2D eigenvalue weighted by Gasteiger charge is 2.15. The molecule has 0 unspecified atom stereocenters. The number of para-hydroxylation sites is 1. The SMILES string of the molecule is c1ccc(-c2ccc(-c3nc(-c4ccccc4)nc(-c4cccc(-c5ccc(-c6ccc(-c7nc8ccccc8c8ccccc78)nc6)cc5)c4)n3)cc2)cc1. The quantitative estimate of drug-likeness (QED) is 0.154.